The molecular weight excluding hydrogens is 100 g/mol. The molecule has 0 aromatic rings. The van der Waals surface area contributed by atoms with Gasteiger partial charge in [-0.25, -0.2) is 0 Å². The summed E-state index contributed by atoms with van der Waals surface area (Å²) in [6.45, 7) is 0. The predicted octanol–water partition coefficient (Wildman–Crippen LogP) is 1.50. The summed E-state index contributed by atoms with van der Waals surface area (Å²) < 4.78 is 4.36. The first-order chi connectivity index (χ1) is 3.00. The van der Waals surface area contributed by atoms with E-state index in [1.807, 2.05) is 0 Å². The van der Waals surface area contributed by atoms with E-state index >= 15 is 0 Å². The first-order valence-electron chi connectivity index (χ1n) is 1.38. The molecular formula is C2H2N2OS. The molecule has 1 aliphatic rings. The van der Waals surface area contributed by atoms with E-state index in [4.69, 9.17) is 0 Å². The summed E-state index contributed by atoms with van der Waals surface area (Å²) in [6.07, 6.45) is 1.56. The van der Waals surface area contributed by atoms with Crippen molar-refractivity contribution in [2.75, 3.05) is 0 Å². The van der Waals surface area contributed by atoms with Crippen LogP contribution in [0.1, 0.15) is 0 Å². The molecule has 0 saturated heterocycles. The van der Waals surface area contributed by atoms with Gasteiger partial charge < -0.3 is 0 Å². The molecule has 0 aliphatic carbocycles. The van der Waals surface area contributed by atoms with Gasteiger partial charge in [0.25, 0.3) is 0 Å². The highest BCUT2D eigenvalue weighted by molar-refractivity contribution is 7.97. The van der Waals surface area contributed by atoms with Crippen molar-refractivity contribution >= 4 is 12.0 Å². The van der Waals surface area contributed by atoms with E-state index < -0.39 is 0 Å². The van der Waals surface area contributed by atoms with Crippen LogP contribution in [0.25, 0.3) is 0 Å². The van der Waals surface area contributed by atoms with E-state index in [-0.39, 0.29) is 0 Å². The lowest BCUT2D eigenvalue weighted by Crippen LogP contribution is -1.62. The second-order valence-electron chi connectivity index (χ2n) is 0.653. The lowest BCUT2D eigenvalue weighted by molar-refractivity contribution is 0.370. The van der Waals surface area contributed by atoms with Gasteiger partial charge in [-0.15, -0.1) is 5.11 Å². The Morgan fingerprint density at radius 2 is 2.67 bits per heavy atom. The summed E-state index contributed by atoms with van der Waals surface area (Å²) in [4.78, 5) is 0. The van der Waals surface area contributed by atoms with Gasteiger partial charge in [-0.3, -0.25) is 4.28 Å². The van der Waals surface area contributed by atoms with Crippen LogP contribution in [0.15, 0.2) is 22.0 Å². The van der Waals surface area contributed by atoms with Gasteiger partial charge in [-0.2, -0.15) is 0 Å². The van der Waals surface area contributed by atoms with Crippen LogP contribution >= 0.6 is 12.0 Å². The first kappa shape index (κ1) is 3.67. The van der Waals surface area contributed by atoms with Crippen molar-refractivity contribution in [3.63, 3.8) is 0 Å². The molecule has 0 amide bonds. The molecule has 6 heavy (non-hydrogen) atoms. The minimum absolute atomic E-state index is 1.15. The normalized spacial score (nSPS) is 17.3. The average Bonchev–Trinajstić information content (AvgIpc) is 1.72. The highest BCUT2D eigenvalue weighted by Gasteiger charge is 1.80. The Bertz CT molecular complexity index is 77.5. The second kappa shape index (κ2) is 1.81. The monoisotopic (exact) mass is 102 g/mol. The van der Waals surface area contributed by atoms with Crippen LogP contribution in [0, 0.1) is 0 Å². The maximum atomic E-state index is 4.36. The quantitative estimate of drug-likeness (QED) is 0.434. The maximum absolute atomic E-state index is 4.36. The molecule has 0 fully saturated rings. The smallest absolute Gasteiger partial charge is 0.121 e. The third-order valence-corrected chi connectivity index (χ3v) is 0.692. The molecule has 0 aromatic heterocycles. The first-order valence-corrected chi connectivity index (χ1v) is 2.18. The van der Waals surface area contributed by atoms with Crippen molar-refractivity contribution in [1.82, 2.24) is 0 Å². The van der Waals surface area contributed by atoms with Crippen LogP contribution in [-0.4, -0.2) is 0 Å². The fraction of sp³-hybridized carbons (Fsp3) is 0. The van der Waals surface area contributed by atoms with Gasteiger partial charge in [-0.1, -0.05) is 0 Å². The van der Waals surface area contributed by atoms with Crippen LogP contribution in [0.4, 0.5) is 0 Å². The van der Waals surface area contributed by atoms with Crippen molar-refractivity contribution in [1.29, 1.82) is 0 Å². The van der Waals surface area contributed by atoms with Crippen molar-refractivity contribution < 1.29 is 4.28 Å². The van der Waals surface area contributed by atoms with Crippen LogP contribution in [0.5, 0.6) is 0 Å². The summed E-state index contributed by atoms with van der Waals surface area (Å²) in [5.41, 5.74) is 0. The third kappa shape index (κ3) is 0.718. The van der Waals surface area contributed by atoms with E-state index in [1.54, 1.807) is 11.6 Å². The van der Waals surface area contributed by atoms with Crippen LogP contribution < -0.4 is 0 Å². The number of rotatable bonds is 0. The molecule has 1 rings (SSSR count). The molecule has 1 aliphatic heterocycles. The van der Waals surface area contributed by atoms with Gasteiger partial charge in [0.1, 0.15) is 12.0 Å². The standard InChI is InChI=1S/C2H2N2OS/c1-2-6-5-4-3-1/h1-2H. The Morgan fingerprint density at radius 1 is 1.67 bits per heavy atom. The Balaban J connectivity index is 2.46. The summed E-state index contributed by atoms with van der Waals surface area (Å²) >= 11 is 1.15. The molecule has 4 heteroatoms. The summed E-state index contributed by atoms with van der Waals surface area (Å²) in [5.74, 6) is 0. The van der Waals surface area contributed by atoms with Crippen molar-refractivity contribution in [3.05, 3.63) is 11.6 Å². The molecule has 0 spiro atoms. The van der Waals surface area contributed by atoms with Gasteiger partial charge >= 0.3 is 0 Å². The molecule has 1 heterocycles. The fourth-order valence-electron chi connectivity index (χ4n) is 0.143. The Kier molecular flexibility index (Phi) is 1.11. The lowest BCUT2D eigenvalue weighted by atomic mass is 11.1. The van der Waals surface area contributed by atoms with Gasteiger partial charge in [-0.05, 0) is 0 Å². The number of hydrogen-bond acceptors (Lipinski definition) is 4. The highest BCUT2D eigenvalue weighted by atomic mass is 32.2. The van der Waals surface area contributed by atoms with Gasteiger partial charge in [0.15, 0.2) is 0 Å². The lowest BCUT2D eigenvalue weighted by Gasteiger charge is -1.87. The van der Waals surface area contributed by atoms with Crippen molar-refractivity contribution in [2.24, 2.45) is 10.4 Å². The zero-order valence-electron chi connectivity index (χ0n) is 2.87. The zero-order valence-corrected chi connectivity index (χ0v) is 3.68. The summed E-state index contributed by atoms with van der Waals surface area (Å²) in [6, 6.07) is 0. The molecule has 0 saturated carbocycles. The Hall–Kier alpha value is -0.510. The molecule has 0 bridgehead atoms. The van der Waals surface area contributed by atoms with Crippen molar-refractivity contribution in [3.8, 4) is 0 Å². The molecule has 0 N–H and O–H groups in total. The van der Waals surface area contributed by atoms with Crippen molar-refractivity contribution in [2.45, 2.75) is 0 Å². The van der Waals surface area contributed by atoms with Crippen LogP contribution in [0.3, 0.4) is 0 Å². The zero-order chi connectivity index (χ0) is 4.24. The van der Waals surface area contributed by atoms with E-state index in [0.717, 1.165) is 12.0 Å². The summed E-state index contributed by atoms with van der Waals surface area (Å²) in [7, 11) is 0. The second-order valence-corrected chi connectivity index (χ2v) is 1.27. The van der Waals surface area contributed by atoms with E-state index in [0.29, 0.717) is 0 Å². The van der Waals surface area contributed by atoms with Gasteiger partial charge in [0.05, 0.1) is 6.20 Å². The van der Waals surface area contributed by atoms with Gasteiger partial charge in [0.2, 0.25) is 0 Å². The topological polar surface area (TPSA) is 34.0 Å². The minimum atomic E-state index is 1.15. The molecule has 0 radical (unpaired) electrons. The minimum Gasteiger partial charge on any atom is -0.298 e. The Morgan fingerprint density at radius 3 is 2.83 bits per heavy atom. The summed E-state index contributed by atoms with van der Waals surface area (Å²) in [5, 5.41) is 8.26. The third-order valence-electron chi connectivity index (χ3n) is 0.307. The highest BCUT2D eigenvalue weighted by Crippen LogP contribution is 2.08. The molecule has 0 aromatic carbocycles. The SMILES string of the molecule is C1=CSON=N1. The average molecular weight is 102 g/mol. The van der Waals surface area contributed by atoms with Crippen LogP contribution in [-0.2, 0) is 4.28 Å². The number of hydrogen-bond donors (Lipinski definition) is 0. The maximum Gasteiger partial charge on any atom is 0.121 e. The van der Waals surface area contributed by atoms with E-state index in [1.165, 1.54) is 0 Å². The molecule has 32 valence electrons. The largest absolute Gasteiger partial charge is 0.298 e. The molecule has 0 atom stereocenters. The van der Waals surface area contributed by atoms with Gasteiger partial charge in [0, 0.05) is 10.7 Å². The van der Waals surface area contributed by atoms with E-state index in [9.17, 15) is 0 Å². The van der Waals surface area contributed by atoms with E-state index in [2.05, 4.69) is 14.7 Å². The molecule has 0 unspecified atom stereocenters. The predicted molar refractivity (Wildman–Crippen MR) is 22.7 cm³/mol. The van der Waals surface area contributed by atoms with Crippen LogP contribution in [0.2, 0.25) is 0 Å². The number of nitrogens with zero attached hydrogens (tertiary/aromatic N) is 2. The molecule has 3 nitrogen and oxygen atoms in total. The Labute approximate surface area is 39.3 Å². The fourth-order valence-corrected chi connectivity index (χ4v) is 0.373.